The van der Waals surface area contributed by atoms with Gasteiger partial charge in [-0.15, -0.1) is 0 Å². The van der Waals surface area contributed by atoms with Gasteiger partial charge in [0.1, 0.15) is 5.69 Å². The average molecular weight is 368 g/mol. The minimum atomic E-state index is -0.353. The summed E-state index contributed by atoms with van der Waals surface area (Å²) in [6.45, 7) is 0.422. The van der Waals surface area contributed by atoms with Gasteiger partial charge < -0.3 is 9.73 Å². The zero-order chi connectivity index (χ0) is 19.2. The topological polar surface area (TPSA) is 55.1 Å². The van der Waals surface area contributed by atoms with Crippen molar-refractivity contribution in [3.63, 3.8) is 0 Å². The van der Waals surface area contributed by atoms with Gasteiger partial charge in [-0.3, -0.25) is 9.78 Å². The third kappa shape index (κ3) is 4.01. The van der Waals surface area contributed by atoms with E-state index in [4.69, 9.17) is 4.42 Å². The maximum Gasteiger partial charge on any atom is 0.232 e. The number of hydrogen-bond donors (Lipinski definition) is 1. The fraction of sp³-hybridized carbons (Fsp3) is 0.0833. The zero-order valence-electron chi connectivity index (χ0n) is 15.3. The van der Waals surface area contributed by atoms with Gasteiger partial charge in [-0.2, -0.15) is 0 Å². The second-order valence-corrected chi connectivity index (χ2v) is 6.50. The van der Waals surface area contributed by atoms with Gasteiger partial charge in [0.25, 0.3) is 0 Å². The van der Waals surface area contributed by atoms with E-state index in [2.05, 4.69) is 10.3 Å². The first-order valence-corrected chi connectivity index (χ1v) is 9.17. The Hall–Kier alpha value is -3.66. The molecule has 28 heavy (non-hydrogen) atoms. The summed E-state index contributed by atoms with van der Waals surface area (Å²) in [6, 6.07) is 27.2. The van der Waals surface area contributed by atoms with E-state index >= 15 is 0 Å². The number of hydrogen-bond acceptors (Lipinski definition) is 3. The van der Waals surface area contributed by atoms with Crippen LogP contribution in [0.2, 0.25) is 0 Å². The largest absolute Gasteiger partial charge is 0.463 e. The van der Waals surface area contributed by atoms with Crippen molar-refractivity contribution in [2.45, 2.75) is 12.5 Å². The highest BCUT2D eigenvalue weighted by Gasteiger charge is 2.22. The number of benzene rings is 2. The normalized spacial score (nSPS) is 10.8. The molecule has 0 saturated carbocycles. The molecule has 4 nitrogen and oxygen atoms in total. The molecule has 1 amide bonds. The van der Waals surface area contributed by atoms with Crippen LogP contribution >= 0.6 is 0 Å². The van der Waals surface area contributed by atoms with Gasteiger partial charge in [-0.1, -0.05) is 60.7 Å². The number of nitrogens with zero attached hydrogens (tertiary/aromatic N) is 1. The van der Waals surface area contributed by atoms with Gasteiger partial charge in [-0.25, -0.2) is 0 Å². The molecule has 0 atom stereocenters. The van der Waals surface area contributed by atoms with E-state index in [1.54, 1.807) is 12.5 Å². The molecule has 0 radical (unpaired) electrons. The van der Waals surface area contributed by atoms with Gasteiger partial charge in [0.05, 0.1) is 12.2 Å². The summed E-state index contributed by atoms with van der Waals surface area (Å²) in [5, 5.41) is 3.07. The lowest BCUT2D eigenvalue weighted by Gasteiger charge is -2.18. The molecular formula is C24H20N2O2. The molecule has 4 heteroatoms. The number of pyridine rings is 1. The van der Waals surface area contributed by atoms with Crippen LogP contribution in [0.5, 0.6) is 0 Å². The van der Waals surface area contributed by atoms with E-state index in [-0.39, 0.29) is 11.8 Å². The zero-order valence-corrected chi connectivity index (χ0v) is 15.3. The van der Waals surface area contributed by atoms with Crippen LogP contribution in [0.3, 0.4) is 0 Å². The second kappa shape index (κ2) is 8.35. The number of aromatic nitrogens is 1. The smallest absolute Gasteiger partial charge is 0.232 e. The highest BCUT2D eigenvalue weighted by Crippen LogP contribution is 2.25. The number of nitrogens with one attached hydrogen (secondary N) is 1. The van der Waals surface area contributed by atoms with Crippen LogP contribution < -0.4 is 5.32 Å². The van der Waals surface area contributed by atoms with Crippen LogP contribution in [0.4, 0.5) is 0 Å². The van der Waals surface area contributed by atoms with E-state index in [9.17, 15) is 4.79 Å². The average Bonchev–Trinajstić information content (AvgIpc) is 3.29. The summed E-state index contributed by atoms with van der Waals surface area (Å²) in [7, 11) is 0. The standard InChI is InChI=1S/C24H20N2O2/c27-24(23(19-8-3-1-4-9-19)20-10-5-2-6-11-20)26-17-18-13-14-25-21(16-18)22-12-7-15-28-22/h1-16,23H,17H2,(H,26,27). The molecule has 0 bridgehead atoms. The van der Waals surface area contributed by atoms with Crippen LogP contribution in [-0.4, -0.2) is 10.9 Å². The lowest BCUT2D eigenvalue weighted by molar-refractivity contribution is -0.121. The number of carbonyl (C=O) groups excluding carboxylic acids is 1. The summed E-state index contributed by atoms with van der Waals surface area (Å²) in [5.41, 5.74) is 3.66. The molecule has 4 aromatic rings. The molecular weight excluding hydrogens is 348 g/mol. The van der Waals surface area contributed by atoms with E-state index in [1.165, 1.54) is 0 Å². The van der Waals surface area contributed by atoms with E-state index in [1.807, 2.05) is 84.9 Å². The van der Waals surface area contributed by atoms with Crippen LogP contribution in [0.1, 0.15) is 22.6 Å². The maximum atomic E-state index is 13.1. The van der Waals surface area contributed by atoms with Crippen LogP contribution in [0, 0.1) is 0 Å². The Morgan fingerprint density at radius 2 is 1.57 bits per heavy atom. The van der Waals surface area contributed by atoms with Gasteiger partial charge in [0, 0.05) is 12.7 Å². The molecule has 1 N–H and O–H groups in total. The van der Waals surface area contributed by atoms with Crippen LogP contribution in [-0.2, 0) is 11.3 Å². The monoisotopic (exact) mass is 368 g/mol. The summed E-state index contributed by atoms with van der Waals surface area (Å²) in [4.78, 5) is 17.4. The first-order chi connectivity index (χ1) is 13.8. The van der Waals surface area contributed by atoms with Crippen molar-refractivity contribution in [1.82, 2.24) is 10.3 Å². The molecule has 2 aromatic carbocycles. The highest BCUT2D eigenvalue weighted by molar-refractivity contribution is 5.87. The summed E-state index contributed by atoms with van der Waals surface area (Å²) >= 11 is 0. The van der Waals surface area contributed by atoms with E-state index < -0.39 is 0 Å². The molecule has 0 aliphatic heterocycles. The third-order valence-electron chi connectivity index (χ3n) is 4.59. The number of furan rings is 1. The Morgan fingerprint density at radius 1 is 0.893 bits per heavy atom. The van der Waals surface area contributed by atoms with Crippen molar-refractivity contribution < 1.29 is 9.21 Å². The lowest BCUT2D eigenvalue weighted by atomic mass is 9.90. The van der Waals surface area contributed by atoms with Gasteiger partial charge >= 0.3 is 0 Å². The Morgan fingerprint density at radius 3 is 2.18 bits per heavy atom. The minimum absolute atomic E-state index is 0.0336. The summed E-state index contributed by atoms with van der Waals surface area (Å²) < 4.78 is 5.40. The Labute approximate surface area is 163 Å². The Kier molecular flexibility index (Phi) is 5.29. The van der Waals surface area contributed by atoms with Crippen molar-refractivity contribution >= 4 is 5.91 Å². The lowest BCUT2D eigenvalue weighted by Crippen LogP contribution is -2.29. The number of amides is 1. The van der Waals surface area contributed by atoms with Gasteiger partial charge in [-0.05, 0) is 41.0 Å². The van der Waals surface area contributed by atoms with Crippen molar-refractivity contribution in [3.05, 3.63) is 114 Å². The maximum absolute atomic E-state index is 13.1. The molecule has 0 aliphatic carbocycles. The minimum Gasteiger partial charge on any atom is -0.463 e. The molecule has 0 saturated heterocycles. The number of carbonyl (C=O) groups is 1. The quantitative estimate of drug-likeness (QED) is 0.532. The molecule has 0 unspecified atom stereocenters. The van der Waals surface area contributed by atoms with Gasteiger partial charge in [0.2, 0.25) is 5.91 Å². The Bertz CT molecular complexity index is 989. The van der Waals surface area contributed by atoms with Crippen molar-refractivity contribution in [1.29, 1.82) is 0 Å². The summed E-state index contributed by atoms with van der Waals surface area (Å²) in [6.07, 6.45) is 3.35. The number of rotatable bonds is 6. The predicted octanol–water partition coefficient (Wildman–Crippen LogP) is 4.79. The Balaban J connectivity index is 1.53. The fourth-order valence-corrected chi connectivity index (χ4v) is 3.22. The summed E-state index contributed by atoms with van der Waals surface area (Å²) in [5.74, 6) is 0.321. The first-order valence-electron chi connectivity index (χ1n) is 9.17. The fourth-order valence-electron chi connectivity index (χ4n) is 3.22. The van der Waals surface area contributed by atoms with E-state index in [0.29, 0.717) is 12.3 Å². The molecule has 0 aliphatic rings. The molecule has 4 rings (SSSR count). The predicted molar refractivity (Wildman–Crippen MR) is 109 cm³/mol. The highest BCUT2D eigenvalue weighted by atomic mass is 16.3. The SMILES string of the molecule is O=C(NCc1ccnc(-c2ccco2)c1)C(c1ccccc1)c1ccccc1. The second-order valence-electron chi connectivity index (χ2n) is 6.50. The van der Waals surface area contributed by atoms with Crippen LogP contribution in [0.15, 0.2) is 102 Å². The molecule has 0 spiro atoms. The first kappa shape index (κ1) is 17.7. The van der Waals surface area contributed by atoms with Crippen molar-refractivity contribution in [2.24, 2.45) is 0 Å². The molecule has 2 aromatic heterocycles. The van der Waals surface area contributed by atoms with Gasteiger partial charge in [0.15, 0.2) is 5.76 Å². The van der Waals surface area contributed by atoms with Crippen molar-refractivity contribution in [2.75, 3.05) is 0 Å². The van der Waals surface area contributed by atoms with E-state index in [0.717, 1.165) is 22.4 Å². The van der Waals surface area contributed by atoms with Crippen LogP contribution in [0.25, 0.3) is 11.5 Å². The molecule has 2 heterocycles. The van der Waals surface area contributed by atoms with Crippen molar-refractivity contribution in [3.8, 4) is 11.5 Å². The third-order valence-corrected chi connectivity index (χ3v) is 4.59. The molecule has 138 valence electrons. The molecule has 0 fully saturated rings.